The fraction of sp³-hybridized carbons (Fsp3) is 0.500. The summed E-state index contributed by atoms with van der Waals surface area (Å²) >= 11 is 0. The molecule has 0 saturated carbocycles. The van der Waals surface area contributed by atoms with Crippen LogP contribution in [0.25, 0.3) is 0 Å². The molecular formula is C12H21N3O. The molecule has 0 fully saturated rings. The summed E-state index contributed by atoms with van der Waals surface area (Å²) in [5.74, 6) is 0.358. The van der Waals surface area contributed by atoms with Crippen LogP contribution in [0, 0.1) is 0 Å². The molecule has 0 aliphatic rings. The molecule has 0 aliphatic heterocycles. The van der Waals surface area contributed by atoms with Crippen molar-refractivity contribution in [2.75, 3.05) is 33.9 Å². The van der Waals surface area contributed by atoms with Crippen molar-refractivity contribution < 1.29 is 5.11 Å². The van der Waals surface area contributed by atoms with Gasteiger partial charge in [0.1, 0.15) is 5.75 Å². The van der Waals surface area contributed by atoms with Gasteiger partial charge in [0.25, 0.3) is 0 Å². The van der Waals surface area contributed by atoms with E-state index >= 15 is 0 Å². The zero-order valence-corrected chi connectivity index (χ0v) is 10.5. The lowest BCUT2D eigenvalue weighted by atomic mass is 10.1. The summed E-state index contributed by atoms with van der Waals surface area (Å²) in [6.07, 6.45) is 0. The molecule has 1 rings (SSSR count). The number of nitrogen functional groups attached to an aromatic ring is 1. The molecule has 0 aromatic heterocycles. The SMILES string of the molecule is CN(C)Cc1cc(N)cc(CN(C)C)c1O. The summed E-state index contributed by atoms with van der Waals surface area (Å²) in [4.78, 5) is 4.02. The van der Waals surface area contributed by atoms with Crippen LogP contribution in [0.2, 0.25) is 0 Å². The predicted octanol–water partition coefficient (Wildman–Crippen LogP) is 1.10. The first-order valence-corrected chi connectivity index (χ1v) is 5.30. The van der Waals surface area contributed by atoms with Gasteiger partial charge in [-0.05, 0) is 40.3 Å². The highest BCUT2D eigenvalue weighted by Crippen LogP contribution is 2.27. The van der Waals surface area contributed by atoms with Gasteiger partial charge in [0.2, 0.25) is 0 Å². The number of aromatic hydroxyl groups is 1. The van der Waals surface area contributed by atoms with Gasteiger partial charge in [-0.3, -0.25) is 0 Å². The second kappa shape index (κ2) is 5.18. The van der Waals surface area contributed by atoms with Gasteiger partial charge in [-0.1, -0.05) is 0 Å². The second-order valence-corrected chi connectivity index (χ2v) is 4.66. The quantitative estimate of drug-likeness (QED) is 0.593. The van der Waals surface area contributed by atoms with Crippen LogP contribution in [0.3, 0.4) is 0 Å². The largest absolute Gasteiger partial charge is 0.507 e. The number of hydrogen-bond donors (Lipinski definition) is 2. The number of benzene rings is 1. The molecule has 0 saturated heterocycles. The van der Waals surface area contributed by atoms with Gasteiger partial charge in [-0.2, -0.15) is 0 Å². The van der Waals surface area contributed by atoms with Gasteiger partial charge in [0.15, 0.2) is 0 Å². The van der Waals surface area contributed by atoms with Crippen LogP contribution < -0.4 is 5.73 Å². The molecule has 0 aliphatic carbocycles. The third kappa shape index (κ3) is 3.40. The van der Waals surface area contributed by atoms with E-state index in [0.29, 0.717) is 24.5 Å². The second-order valence-electron chi connectivity index (χ2n) is 4.66. The maximum absolute atomic E-state index is 10.1. The minimum absolute atomic E-state index is 0.358. The molecule has 90 valence electrons. The highest BCUT2D eigenvalue weighted by molar-refractivity contribution is 5.52. The number of phenols is 1. The minimum atomic E-state index is 0.358. The minimum Gasteiger partial charge on any atom is -0.507 e. The standard InChI is InChI=1S/C12H21N3O/c1-14(2)7-9-5-11(13)6-10(12(9)16)8-15(3)4/h5-6,16H,7-8,13H2,1-4H3. The maximum atomic E-state index is 10.1. The summed E-state index contributed by atoms with van der Waals surface area (Å²) in [5.41, 5.74) is 8.29. The van der Waals surface area contributed by atoms with Crippen LogP contribution in [0.4, 0.5) is 5.69 Å². The van der Waals surface area contributed by atoms with Crippen molar-refractivity contribution in [1.82, 2.24) is 9.80 Å². The van der Waals surface area contributed by atoms with Gasteiger partial charge in [-0.25, -0.2) is 0 Å². The monoisotopic (exact) mass is 223 g/mol. The summed E-state index contributed by atoms with van der Waals surface area (Å²) in [6.45, 7) is 1.38. The van der Waals surface area contributed by atoms with E-state index < -0.39 is 0 Å². The molecule has 0 spiro atoms. The molecule has 0 amide bonds. The third-order valence-corrected chi connectivity index (χ3v) is 2.26. The van der Waals surface area contributed by atoms with Crippen LogP contribution >= 0.6 is 0 Å². The molecule has 1 aromatic rings. The third-order valence-electron chi connectivity index (χ3n) is 2.26. The lowest BCUT2D eigenvalue weighted by Gasteiger charge is -2.17. The van der Waals surface area contributed by atoms with Crippen LogP contribution in [-0.2, 0) is 13.1 Å². The Balaban J connectivity index is 3.05. The van der Waals surface area contributed by atoms with Crippen molar-refractivity contribution in [3.05, 3.63) is 23.3 Å². The fourth-order valence-electron chi connectivity index (χ4n) is 1.71. The lowest BCUT2D eigenvalue weighted by molar-refractivity contribution is 0.368. The smallest absolute Gasteiger partial charge is 0.124 e. The Hall–Kier alpha value is -1.26. The lowest BCUT2D eigenvalue weighted by Crippen LogP contribution is -2.14. The number of nitrogens with zero attached hydrogens (tertiary/aromatic N) is 2. The van der Waals surface area contributed by atoms with Crippen molar-refractivity contribution in [1.29, 1.82) is 0 Å². The molecule has 0 heterocycles. The molecule has 0 atom stereocenters. The normalized spacial score (nSPS) is 11.4. The van der Waals surface area contributed by atoms with Gasteiger partial charge in [0.05, 0.1) is 0 Å². The number of anilines is 1. The highest BCUT2D eigenvalue weighted by Gasteiger charge is 2.10. The van der Waals surface area contributed by atoms with E-state index in [1.165, 1.54) is 0 Å². The Morgan fingerprint density at radius 3 is 1.69 bits per heavy atom. The van der Waals surface area contributed by atoms with Crippen LogP contribution in [0.1, 0.15) is 11.1 Å². The van der Waals surface area contributed by atoms with E-state index in [1.807, 2.05) is 50.1 Å². The Bertz CT molecular complexity index is 330. The predicted molar refractivity (Wildman–Crippen MR) is 67.3 cm³/mol. The zero-order valence-electron chi connectivity index (χ0n) is 10.5. The maximum Gasteiger partial charge on any atom is 0.124 e. The molecule has 0 radical (unpaired) electrons. The first-order valence-electron chi connectivity index (χ1n) is 5.30. The van der Waals surface area contributed by atoms with E-state index in [2.05, 4.69) is 0 Å². The fourth-order valence-corrected chi connectivity index (χ4v) is 1.71. The number of nitrogens with two attached hydrogens (primary N) is 1. The van der Waals surface area contributed by atoms with Gasteiger partial charge in [-0.15, -0.1) is 0 Å². The van der Waals surface area contributed by atoms with Crippen LogP contribution in [-0.4, -0.2) is 43.1 Å². The zero-order chi connectivity index (χ0) is 12.3. The Kier molecular flexibility index (Phi) is 4.15. The Labute approximate surface area is 97.3 Å². The summed E-state index contributed by atoms with van der Waals surface area (Å²) in [6, 6.07) is 3.66. The van der Waals surface area contributed by atoms with Crippen LogP contribution in [0.5, 0.6) is 5.75 Å². The van der Waals surface area contributed by atoms with Crippen molar-refractivity contribution >= 4 is 5.69 Å². The molecule has 16 heavy (non-hydrogen) atoms. The Morgan fingerprint density at radius 1 is 1.00 bits per heavy atom. The molecule has 1 aromatic carbocycles. The molecule has 4 heteroatoms. The van der Waals surface area contributed by atoms with E-state index in [0.717, 1.165) is 11.1 Å². The van der Waals surface area contributed by atoms with Crippen molar-refractivity contribution in [2.45, 2.75) is 13.1 Å². The van der Waals surface area contributed by atoms with E-state index in [1.54, 1.807) is 0 Å². The molecule has 3 N–H and O–H groups in total. The number of rotatable bonds is 4. The van der Waals surface area contributed by atoms with E-state index in [9.17, 15) is 5.11 Å². The Morgan fingerprint density at radius 2 is 1.38 bits per heavy atom. The van der Waals surface area contributed by atoms with E-state index in [4.69, 9.17) is 5.73 Å². The summed E-state index contributed by atoms with van der Waals surface area (Å²) < 4.78 is 0. The first-order chi connectivity index (χ1) is 7.40. The summed E-state index contributed by atoms with van der Waals surface area (Å²) in [7, 11) is 7.87. The summed E-state index contributed by atoms with van der Waals surface area (Å²) in [5, 5.41) is 10.1. The number of phenolic OH excluding ortho intramolecular Hbond substituents is 1. The molecular weight excluding hydrogens is 202 g/mol. The first kappa shape index (κ1) is 12.8. The highest BCUT2D eigenvalue weighted by atomic mass is 16.3. The number of hydrogen-bond acceptors (Lipinski definition) is 4. The van der Waals surface area contributed by atoms with Crippen molar-refractivity contribution in [3.8, 4) is 5.75 Å². The van der Waals surface area contributed by atoms with Gasteiger partial charge in [0, 0.05) is 29.9 Å². The van der Waals surface area contributed by atoms with Crippen molar-refractivity contribution in [2.24, 2.45) is 0 Å². The van der Waals surface area contributed by atoms with Crippen molar-refractivity contribution in [3.63, 3.8) is 0 Å². The molecule has 4 nitrogen and oxygen atoms in total. The van der Waals surface area contributed by atoms with Gasteiger partial charge >= 0.3 is 0 Å². The van der Waals surface area contributed by atoms with E-state index in [-0.39, 0.29) is 0 Å². The average Bonchev–Trinajstić information content (AvgIpc) is 2.11. The molecule has 0 bridgehead atoms. The van der Waals surface area contributed by atoms with Gasteiger partial charge < -0.3 is 20.6 Å². The van der Waals surface area contributed by atoms with Crippen LogP contribution in [0.15, 0.2) is 12.1 Å². The topological polar surface area (TPSA) is 52.7 Å². The average molecular weight is 223 g/mol. The molecule has 0 unspecified atom stereocenters.